The molecule has 2 atom stereocenters. The van der Waals surface area contributed by atoms with Crippen molar-refractivity contribution in [3.63, 3.8) is 0 Å². The summed E-state index contributed by atoms with van der Waals surface area (Å²) >= 11 is 0. The van der Waals surface area contributed by atoms with Gasteiger partial charge in [0, 0.05) is 12.1 Å². The Labute approximate surface area is 73.4 Å². The molecule has 12 heavy (non-hydrogen) atoms. The van der Waals surface area contributed by atoms with E-state index in [1.807, 2.05) is 0 Å². The van der Waals surface area contributed by atoms with Crippen LogP contribution in [-0.4, -0.2) is 35.1 Å². The molecular weight excluding hydrogens is 154 g/mol. The van der Waals surface area contributed by atoms with Crippen LogP contribution in [0.25, 0.3) is 0 Å². The van der Waals surface area contributed by atoms with Gasteiger partial charge in [-0.25, -0.2) is 0 Å². The maximum absolute atomic E-state index is 10.7. The van der Waals surface area contributed by atoms with Crippen LogP contribution < -0.4 is 0 Å². The molecule has 0 spiro atoms. The largest absolute Gasteiger partial charge is 0.481 e. The van der Waals surface area contributed by atoms with Crippen LogP contribution in [0, 0.1) is 5.92 Å². The molecule has 1 aliphatic rings. The fourth-order valence-electron chi connectivity index (χ4n) is 1.89. The summed E-state index contributed by atoms with van der Waals surface area (Å²) in [6.45, 7) is 4.18. The smallest absolute Gasteiger partial charge is 0.306 e. The zero-order valence-electron chi connectivity index (χ0n) is 7.95. The van der Waals surface area contributed by atoms with Crippen molar-refractivity contribution in [2.45, 2.75) is 38.8 Å². The first-order chi connectivity index (χ1) is 5.52. The summed E-state index contributed by atoms with van der Waals surface area (Å²) in [5, 5.41) is 8.84. The minimum Gasteiger partial charge on any atom is -0.481 e. The minimum absolute atomic E-state index is 0.133. The molecule has 0 aromatic rings. The Kier molecular flexibility index (Phi) is 2.73. The van der Waals surface area contributed by atoms with E-state index in [1.165, 1.54) is 0 Å². The van der Waals surface area contributed by atoms with E-state index in [-0.39, 0.29) is 5.92 Å². The van der Waals surface area contributed by atoms with Crippen molar-refractivity contribution in [1.29, 1.82) is 0 Å². The average Bonchev–Trinajstić information content (AvgIpc) is 1.99. The molecule has 1 fully saturated rings. The molecule has 0 unspecified atom stereocenters. The van der Waals surface area contributed by atoms with Crippen LogP contribution in [0.2, 0.25) is 0 Å². The van der Waals surface area contributed by atoms with E-state index in [0.29, 0.717) is 12.1 Å². The maximum Gasteiger partial charge on any atom is 0.306 e. The molecule has 1 N–H and O–H groups in total. The lowest BCUT2D eigenvalue weighted by Gasteiger charge is -2.38. The van der Waals surface area contributed by atoms with Gasteiger partial charge in [-0.15, -0.1) is 0 Å². The number of hydrogen-bond acceptors (Lipinski definition) is 2. The van der Waals surface area contributed by atoms with Crippen molar-refractivity contribution in [3.05, 3.63) is 0 Å². The maximum atomic E-state index is 10.7. The third kappa shape index (κ3) is 1.78. The number of nitrogens with zero attached hydrogens (tertiary/aromatic N) is 1. The molecule has 0 amide bonds. The van der Waals surface area contributed by atoms with Crippen LogP contribution in [0.4, 0.5) is 0 Å². The molecule has 3 nitrogen and oxygen atoms in total. The van der Waals surface area contributed by atoms with Crippen molar-refractivity contribution < 1.29 is 9.90 Å². The zero-order chi connectivity index (χ0) is 9.30. The average molecular weight is 171 g/mol. The fraction of sp³-hybridized carbons (Fsp3) is 0.889. The highest BCUT2D eigenvalue weighted by Crippen LogP contribution is 2.26. The van der Waals surface area contributed by atoms with Gasteiger partial charge in [-0.3, -0.25) is 4.79 Å². The lowest BCUT2D eigenvalue weighted by Crippen LogP contribution is -2.45. The van der Waals surface area contributed by atoms with E-state index < -0.39 is 5.97 Å². The van der Waals surface area contributed by atoms with E-state index in [1.54, 1.807) is 0 Å². The quantitative estimate of drug-likeness (QED) is 0.644. The Balaban J connectivity index is 2.59. The van der Waals surface area contributed by atoms with Gasteiger partial charge in [0.2, 0.25) is 0 Å². The summed E-state index contributed by atoms with van der Waals surface area (Å²) in [5.74, 6) is -0.770. The van der Waals surface area contributed by atoms with Crippen molar-refractivity contribution in [3.8, 4) is 0 Å². The third-order valence-electron chi connectivity index (χ3n) is 2.99. The predicted molar refractivity (Wildman–Crippen MR) is 47.0 cm³/mol. The normalized spacial score (nSPS) is 38.1. The van der Waals surface area contributed by atoms with Gasteiger partial charge in [-0.1, -0.05) is 0 Å². The molecule has 1 heterocycles. The number of carboxylic acids is 1. The van der Waals surface area contributed by atoms with Crippen LogP contribution in [0.1, 0.15) is 26.7 Å². The lowest BCUT2D eigenvalue weighted by atomic mass is 9.88. The van der Waals surface area contributed by atoms with E-state index in [0.717, 1.165) is 12.8 Å². The van der Waals surface area contributed by atoms with Gasteiger partial charge >= 0.3 is 5.97 Å². The highest BCUT2D eigenvalue weighted by Gasteiger charge is 2.31. The van der Waals surface area contributed by atoms with E-state index in [2.05, 4.69) is 25.8 Å². The van der Waals surface area contributed by atoms with Crippen LogP contribution in [0.5, 0.6) is 0 Å². The Morgan fingerprint density at radius 2 is 1.75 bits per heavy atom. The molecule has 0 radical (unpaired) electrons. The molecule has 1 aliphatic heterocycles. The Bertz CT molecular complexity index is 169. The van der Waals surface area contributed by atoms with Gasteiger partial charge in [0.25, 0.3) is 0 Å². The van der Waals surface area contributed by atoms with E-state index in [4.69, 9.17) is 5.11 Å². The number of hydrogen-bond donors (Lipinski definition) is 1. The third-order valence-corrected chi connectivity index (χ3v) is 2.99. The second-order valence-corrected chi connectivity index (χ2v) is 3.87. The molecule has 70 valence electrons. The van der Waals surface area contributed by atoms with Crippen molar-refractivity contribution in [2.24, 2.45) is 5.92 Å². The standard InChI is InChI=1S/C9H17NO2/c1-6-4-8(9(11)12)5-7(2)10(6)3/h6-8H,4-5H2,1-3H3,(H,11,12)/t6-,7-/m0/s1. The molecule has 1 saturated heterocycles. The Hall–Kier alpha value is -0.570. The highest BCUT2D eigenvalue weighted by molar-refractivity contribution is 5.70. The van der Waals surface area contributed by atoms with Gasteiger partial charge in [-0.2, -0.15) is 0 Å². The molecular formula is C9H17NO2. The van der Waals surface area contributed by atoms with E-state index >= 15 is 0 Å². The van der Waals surface area contributed by atoms with Crippen molar-refractivity contribution >= 4 is 5.97 Å². The summed E-state index contributed by atoms with van der Waals surface area (Å²) in [4.78, 5) is 13.0. The predicted octanol–water partition coefficient (Wildman–Crippen LogP) is 1.19. The van der Waals surface area contributed by atoms with Crippen LogP contribution in [-0.2, 0) is 4.79 Å². The lowest BCUT2D eigenvalue weighted by molar-refractivity contribution is -0.144. The SMILES string of the molecule is C[C@H]1CC(C(=O)O)C[C@H](C)N1C. The number of carboxylic acid groups (broad SMARTS) is 1. The summed E-state index contributed by atoms with van der Waals surface area (Å²) < 4.78 is 0. The monoisotopic (exact) mass is 171 g/mol. The summed E-state index contributed by atoms with van der Waals surface area (Å²) in [6.07, 6.45) is 1.58. The molecule has 0 aromatic heterocycles. The zero-order valence-corrected chi connectivity index (χ0v) is 7.95. The van der Waals surface area contributed by atoms with Gasteiger partial charge in [0.05, 0.1) is 5.92 Å². The van der Waals surface area contributed by atoms with Crippen molar-refractivity contribution in [1.82, 2.24) is 4.90 Å². The number of aliphatic carboxylic acids is 1. The summed E-state index contributed by atoms with van der Waals surface area (Å²) in [5.41, 5.74) is 0. The molecule has 0 bridgehead atoms. The first-order valence-corrected chi connectivity index (χ1v) is 4.47. The van der Waals surface area contributed by atoms with Gasteiger partial charge < -0.3 is 10.0 Å². The summed E-state index contributed by atoms with van der Waals surface area (Å²) in [7, 11) is 2.06. The summed E-state index contributed by atoms with van der Waals surface area (Å²) in [6, 6.07) is 0.796. The number of likely N-dealkylation sites (tertiary alicyclic amines) is 1. The van der Waals surface area contributed by atoms with Crippen LogP contribution >= 0.6 is 0 Å². The van der Waals surface area contributed by atoms with E-state index in [9.17, 15) is 4.79 Å². The topological polar surface area (TPSA) is 40.5 Å². The molecule has 3 heteroatoms. The fourth-order valence-corrected chi connectivity index (χ4v) is 1.89. The number of piperidine rings is 1. The minimum atomic E-state index is -0.637. The van der Waals surface area contributed by atoms with Crippen LogP contribution in [0.3, 0.4) is 0 Å². The molecule has 0 aromatic carbocycles. The van der Waals surface area contributed by atoms with Crippen molar-refractivity contribution in [2.75, 3.05) is 7.05 Å². The Morgan fingerprint density at radius 1 is 1.33 bits per heavy atom. The second-order valence-electron chi connectivity index (χ2n) is 3.87. The van der Waals surface area contributed by atoms with Gasteiger partial charge in [0.1, 0.15) is 0 Å². The second kappa shape index (κ2) is 3.44. The number of rotatable bonds is 1. The molecule has 1 rings (SSSR count). The first-order valence-electron chi connectivity index (χ1n) is 4.47. The molecule has 0 saturated carbocycles. The van der Waals surface area contributed by atoms with Gasteiger partial charge in [-0.05, 0) is 33.7 Å². The van der Waals surface area contributed by atoms with Gasteiger partial charge in [0.15, 0.2) is 0 Å². The van der Waals surface area contributed by atoms with Crippen LogP contribution in [0.15, 0.2) is 0 Å². The molecule has 0 aliphatic carbocycles. The number of carbonyl (C=O) groups is 1. The first kappa shape index (κ1) is 9.52. The Morgan fingerprint density at radius 3 is 2.08 bits per heavy atom. The highest BCUT2D eigenvalue weighted by atomic mass is 16.4.